The largest absolute Gasteiger partial charge is 0.463 e. The first-order chi connectivity index (χ1) is 19.9. The summed E-state index contributed by atoms with van der Waals surface area (Å²) in [5, 5.41) is 1.57. The number of esters is 3. The molecule has 1 atom stereocenters. The molecule has 0 aromatic carbocycles. The van der Waals surface area contributed by atoms with E-state index in [1.807, 2.05) is 0 Å². The van der Waals surface area contributed by atoms with Gasteiger partial charge in [-0.3, -0.25) is 14.5 Å². The molecule has 0 aromatic rings. The number of morpholine rings is 1. The zero-order valence-corrected chi connectivity index (χ0v) is 24.3. The number of carbonyl (C=O) groups is 5. The molecule has 3 fully saturated rings. The minimum atomic E-state index is -1.25. The van der Waals surface area contributed by atoms with E-state index >= 15 is 0 Å². The van der Waals surface area contributed by atoms with E-state index in [0.29, 0.717) is 31.5 Å². The number of ether oxygens (including phenoxy) is 6. The van der Waals surface area contributed by atoms with Gasteiger partial charge in [0, 0.05) is 25.4 Å². The van der Waals surface area contributed by atoms with Gasteiger partial charge >= 0.3 is 29.3 Å². The van der Waals surface area contributed by atoms with Crippen molar-refractivity contribution in [2.24, 2.45) is 11.8 Å². The third kappa shape index (κ3) is 12.9. The van der Waals surface area contributed by atoms with Crippen LogP contribution >= 0.6 is 11.8 Å². The minimum absolute atomic E-state index is 0.0806. The highest BCUT2D eigenvalue weighted by atomic mass is 32.2. The molecule has 232 valence electrons. The minimum Gasteiger partial charge on any atom is -0.463 e. The third-order valence-corrected chi connectivity index (χ3v) is 8.20. The highest BCUT2D eigenvalue weighted by molar-refractivity contribution is 8.13. The fraction of sp³-hybridized carbons (Fsp3) is 0.815. The number of amides is 1. The molecular weight excluding hydrogens is 560 g/mol. The van der Waals surface area contributed by atoms with Crippen LogP contribution in [-0.4, -0.2) is 99.0 Å². The Morgan fingerprint density at radius 1 is 0.756 bits per heavy atom. The number of alkyl carbamates (subject to hydrolysis) is 1. The smallest absolute Gasteiger partial charge is 0.410 e. The van der Waals surface area contributed by atoms with Crippen molar-refractivity contribution in [2.75, 3.05) is 58.8 Å². The fourth-order valence-electron chi connectivity index (χ4n) is 4.94. The fourth-order valence-corrected chi connectivity index (χ4v) is 5.59. The number of nitrogens with zero attached hydrogens (tertiary/aromatic N) is 1. The highest BCUT2D eigenvalue weighted by Gasteiger charge is 2.27. The number of rotatable bonds is 13. The van der Waals surface area contributed by atoms with Gasteiger partial charge in [0.15, 0.2) is 0 Å². The van der Waals surface area contributed by atoms with Crippen molar-refractivity contribution in [2.45, 2.75) is 70.3 Å². The van der Waals surface area contributed by atoms with Crippen LogP contribution in [0.3, 0.4) is 0 Å². The molecule has 1 N–H and O–H groups in total. The molecule has 13 nitrogen and oxygen atoms in total. The lowest BCUT2D eigenvalue weighted by Crippen LogP contribution is -2.45. The van der Waals surface area contributed by atoms with Crippen LogP contribution in [0.15, 0.2) is 0 Å². The van der Waals surface area contributed by atoms with E-state index in [0.717, 1.165) is 77.3 Å². The highest BCUT2D eigenvalue weighted by Crippen LogP contribution is 2.25. The molecule has 0 unspecified atom stereocenters. The Labute approximate surface area is 244 Å². The van der Waals surface area contributed by atoms with Crippen molar-refractivity contribution in [3.63, 3.8) is 0 Å². The normalized spacial score (nSPS) is 19.4. The molecule has 0 spiro atoms. The van der Waals surface area contributed by atoms with Crippen molar-refractivity contribution in [3.8, 4) is 0 Å². The molecule has 3 aliphatic rings. The van der Waals surface area contributed by atoms with Gasteiger partial charge in [-0.2, -0.15) is 0 Å². The Morgan fingerprint density at radius 2 is 1.32 bits per heavy atom. The standard InChI is InChI=1S/C27H42N2O11S/c30-23(20-7-3-1-4-8-20)37-18-39-26(33)28-22(25(32)36-16-13-29-11-14-35-15-12-29)17-41-27(34)40-19-38-24(31)21-9-5-2-6-10-21/h20-22H,1-19H2,(H,28,33)/t22-/m0/s1. The second-order valence-corrected chi connectivity index (χ2v) is 11.2. The predicted octanol–water partition coefficient (Wildman–Crippen LogP) is 2.99. The van der Waals surface area contributed by atoms with Crippen molar-refractivity contribution in [1.29, 1.82) is 0 Å². The topological polar surface area (TPSA) is 156 Å². The molecule has 1 aliphatic heterocycles. The first kappa shape index (κ1) is 32.9. The molecule has 14 heteroatoms. The van der Waals surface area contributed by atoms with Crippen LogP contribution in [0.25, 0.3) is 0 Å². The lowest BCUT2D eigenvalue weighted by Gasteiger charge is -2.26. The molecule has 2 saturated carbocycles. The zero-order chi connectivity index (χ0) is 29.3. The van der Waals surface area contributed by atoms with Crippen LogP contribution in [-0.2, 0) is 42.8 Å². The summed E-state index contributed by atoms with van der Waals surface area (Å²) in [7, 11) is 0. The summed E-state index contributed by atoms with van der Waals surface area (Å²) in [5.41, 5.74) is 0. The quantitative estimate of drug-likeness (QED) is 0.187. The molecule has 1 saturated heterocycles. The van der Waals surface area contributed by atoms with Crippen LogP contribution in [0.5, 0.6) is 0 Å². The van der Waals surface area contributed by atoms with Gasteiger partial charge in [0.1, 0.15) is 12.6 Å². The van der Waals surface area contributed by atoms with Crippen molar-refractivity contribution in [3.05, 3.63) is 0 Å². The van der Waals surface area contributed by atoms with Gasteiger partial charge in [0.05, 0.1) is 25.0 Å². The first-order valence-electron chi connectivity index (χ1n) is 14.4. The van der Waals surface area contributed by atoms with Crippen molar-refractivity contribution >= 4 is 41.1 Å². The number of thioether (sulfide) groups is 1. The van der Waals surface area contributed by atoms with Crippen LogP contribution in [0, 0.1) is 11.8 Å². The first-order valence-corrected chi connectivity index (χ1v) is 15.4. The van der Waals surface area contributed by atoms with Crippen molar-refractivity contribution in [1.82, 2.24) is 10.2 Å². The molecule has 0 bridgehead atoms. The molecule has 0 radical (unpaired) electrons. The number of hydrogen-bond acceptors (Lipinski definition) is 13. The van der Waals surface area contributed by atoms with E-state index < -0.39 is 48.9 Å². The van der Waals surface area contributed by atoms with Crippen LogP contribution < -0.4 is 5.32 Å². The van der Waals surface area contributed by atoms with E-state index in [2.05, 4.69) is 10.2 Å². The summed E-state index contributed by atoms with van der Waals surface area (Å²) in [6.07, 6.45) is 8.05. The Kier molecular flexibility index (Phi) is 15.1. The van der Waals surface area contributed by atoms with Crippen LogP contribution in [0.2, 0.25) is 0 Å². The lowest BCUT2D eigenvalue weighted by atomic mass is 9.89. The molecule has 1 heterocycles. The second kappa shape index (κ2) is 18.8. The number of nitrogens with one attached hydrogen (secondary N) is 1. The van der Waals surface area contributed by atoms with Crippen molar-refractivity contribution < 1.29 is 52.4 Å². The van der Waals surface area contributed by atoms with Gasteiger partial charge in [-0.25, -0.2) is 14.4 Å². The van der Waals surface area contributed by atoms with Gasteiger partial charge in [0.25, 0.3) is 0 Å². The lowest BCUT2D eigenvalue weighted by molar-refractivity contribution is -0.159. The van der Waals surface area contributed by atoms with Gasteiger partial charge in [0.2, 0.25) is 13.6 Å². The van der Waals surface area contributed by atoms with Gasteiger partial charge in [-0.05, 0) is 37.4 Å². The van der Waals surface area contributed by atoms with Crippen LogP contribution in [0.1, 0.15) is 64.2 Å². The van der Waals surface area contributed by atoms with E-state index in [4.69, 9.17) is 28.4 Å². The summed E-state index contributed by atoms with van der Waals surface area (Å²) < 4.78 is 30.6. The summed E-state index contributed by atoms with van der Waals surface area (Å²) >= 11 is 0.615. The Balaban J connectivity index is 1.40. The van der Waals surface area contributed by atoms with E-state index in [1.165, 1.54) is 0 Å². The summed E-state index contributed by atoms with van der Waals surface area (Å²) in [5.74, 6) is -2.17. The van der Waals surface area contributed by atoms with Crippen LogP contribution in [0.4, 0.5) is 9.59 Å². The Hall–Kier alpha value is -2.58. The molecule has 3 rings (SSSR count). The summed E-state index contributed by atoms with van der Waals surface area (Å²) in [4.78, 5) is 63.6. The second-order valence-electron chi connectivity index (χ2n) is 10.3. The SMILES string of the molecule is O=C(N[C@@H](CSC(=O)OCOC(=O)C1CCCCC1)C(=O)OCCN1CCOCC1)OCOC(=O)C1CCCCC1. The molecule has 41 heavy (non-hydrogen) atoms. The molecule has 2 aliphatic carbocycles. The maximum absolute atomic E-state index is 12.7. The molecular formula is C27H42N2O11S. The maximum Gasteiger partial charge on any atom is 0.410 e. The third-order valence-electron chi connectivity index (χ3n) is 7.35. The zero-order valence-electron chi connectivity index (χ0n) is 23.5. The predicted molar refractivity (Wildman–Crippen MR) is 146 cm³/mol. The maximum atomic E-state index is 12.7. The number of hydrogen-bond donors (Lipinski definition) is 1. The van der Waals surface area contributed by atoms with E-state index in [9.17, 15) is 24.0 Å². The Morgan fingerprint density at radius 3 is 1.90 bits per heavy atom. The Bertz CT molecular complexity index is 856. The monoisotopic (exact) mass is 602 g/mol. The average molecular weight is 603 g/mol. The number of carbonyl (C=O) groups excluding carboxylic acids is 5. The van der Waals surface area contributed by atoms with Gasteiger partial charge in [-0.1, -0.05) is 38.5 Å². The van der Waals surface area contributed by atoms with Gasteiger partial charge in [-0.15, -0.1) is 0 Å². The average Bonchev–Trinajstić information content (AvgIpc) is 3.00. The van der Waals surface area contributed by atoms with E-state index in [-0.39, 0.29) is 24.2 Å². The summed E-state index contributed by atoms with van der Waals surface area (Å²) in [6, 6.07) is -1.25. The van der Waals surface area contributed by atoms with Gasteiger partial charge < -0.3 is 33.7 Å². The molecule has 1 amide bonds. The summed E-state index contributed by atoms with van der Waals surface area (Å²) in [6.45, 7) is 2.09. The van der Waals surface area contributed by atoms with E-state index in [1.54, 1.807) is 0 Å². The molecule has 0 aromatic heterocycles.